The Hall–Kier alpha value is -1.55. The predicted octanol–water partition coefficient (Wildman–Crippen LogP) is 3.00. The second-order valence-corrected chi connectivity index (χ2v) is 5.95. The summed E-state index contributed by atoms with van der Waals surface area (Å²) >= 11 is 0. The van der Waals surface area contributed by atoms with Crippen LogP contribution >= 0.6 is 0 Å². The molecule has 4 nitrogen and oxygen atoms in total. The number of rotatable bonds is 6. The lowest BCUT2D eigenvalue weighted by atomic mass is 10.1. The van der Waals surface area contributed by atoms with Gasteiger partial charge in [0.05, 0.1) is 0 Å². The summed E-state index contributed by atoms with van der Waals surface area (Å²) in [6.45, 7) is 10.0. The van der Waals surface area contributed by atoms with Gasteiger partial charge in [-0.15, -0.1) is 0 Å². The molecule has 0 bridgehead atoms. The van der Waals surface area contributed by atoms with E-state index in [0.717, 1.165) is 19.5 Å². The summed E-state index contributed by atoms with van der Waals surface area (Å²) in [5, 5.41) is 6.10. The van der Waals surface area contributed by atoms with Crippen molar-refractivity contribution in [1.29, 1.82) is 0 Å². The average molecular weight is 278 g/mol. The fraction of sp³-hybridized carbons (Fsp3) is 0.562. The fourth-order valence-electron chi connectivity index (χ4n) is 1.77. The number of ether oxygens (including phenoxy) is 1. The van der Waals surface area contributed by atoms with E-state index in [2.05, 4.69) is 41.8 Å². The van der Waals surface area contributed by atoms with Crippen LogP contribution in [-0.4, -0.2) is 24.8 Å². The first-order valence-corrected chi connectivity index (χ1v) is 7.10. The van der Waals surface area contributed by atoms with E-state index in [1.807, 2.05) is 20.8 Å². The molecule has 1 rings (SSSR count). The van der Waals surface area contributed by atoms with Gasteiger partial charge >= 0.3 is 6.09 Å². The first-order valence-electron chi connectivity index (χ1n) is 7.10. The Bertz CT molecular complexity index is 425. The van der Waals surface area contributed by atoms with Gasteiger partial charge in [0, 0.05) is 13.1 Å². The van der Waals surface area contributed by atoms with Crippen molar-refractivity contribution in [2.24, 2.45) is 0 Å². The van der Waals surface area contributed by atoms with E-state index >= 15 is 0 Å². The monoisotopic (exact) mass is 278 g/mol. The zero-order valence-corrected chi connectivity index (χ0v) is 13.0. The molecule has 0 aliphatic rings. The van der Waals surface area contributed by atoms with E-state index in [1.54, 1.807) is 0 Å². The highest BCUT2D eigenvalue weighted by atomic mass is 16.6. The van der Waals surface area contributed by atoms with Crippen molar-refractivity contribution in [2.45, 2.75) is 46.3 Å². The van der Waals surface area contributed by atoms with Crippen molar-refractivity contribution >= 4 is 6.09 Å². The molecule has 0 atom stereocenters. The molecule has 0 radical (unpaired) electrons. The molecular formula is C16H26N2O2. The van der Waals surface area contributed by atoms with Crippen LogP contribution in [0, 0.1) is 6.92 Å². The van der Waals surface area contributed by atoms with Gasteiger partial charge in [0.1, 0.15) is 5.60 Å². The number of carbonyl (C=O) groups is 1. The molecule has 0 aliphatic heterocycles. The van der Waals surface area contributed by atoms with Gasteiger partial charge in [-0.3, -0.25) is 0 Å². The Labute approximate surface area is 121 Å². The number of amides is 1. The van der Waals surface area contributed by atoms with Crippen LogP contribution in [0.3, 0.4) is 0 Å². The Balaban J connectivity index is 2.07. The third-order valence-electron chi connectivity index (χ3n) is 2.61. The fourth-order valence-corrected chi connectivity index (χ4v) is 1.77. The van der Waals surface area contributed by atoms with Crippen LogP contribution in [0.5, 0.6) is 0 Å². The van der Waals surface area contributed by atoms with Crippen LogP contribution in [0.25, 0.3) is 0 Å². The van der Waals surface area contributed by atoms with E-state index in [0.29, 0.717) is 6.54 Å². The minimum atomic E-state index is -0.437. The van der Waals surface area contributed by atoms with Gasteiger partial charge in [-0.25, -0.2) is 4.79 Å². The van der Waals surface area contributed by atoms with Crippen LogP contribution in [0.15, 0.2) is 24.3 Å². The van der Waals surface area contributed by atoms with E-state index in [9.17, 15) is 4.79 Å². The number of aryl methyl sites for hydroxylation is 1. The standard InChI is InChI=1S/C16H26N2O2/c1-13-7-5-8-14(11-13)12-17-9-6-10-18-15(19)20-16(2,3)4/h5,7-8,11,17H,6,9-10,12H2,1-4H3,(H,18,19). The Kier molecular flexibility index (Phi) is 6.52. The minimum absolute atomic E-state index is 0.351. The second-order valence-electron chi connectivity index (χ2n) is 5.95. The lowest BCUT2D eigenvalue weighted by Crippen LogP contribution is -2.33. The van der Waals surface area contributed by atoms with Gasteiger partial charge in [-0.1, -0.05) is 29.8 Å². The van der Waals surface area contributed by atoms with Crippen molar-refractivity contribution < 1.29 is 9.53 Å². The molecule has 0 aliphatic carbocycles. The number of alkyl carbamates (subject to hydrolysis) is 1. The molecule has 1 amide bonds. The molecular weight excluding hydrogens is 252 g/mol. The number of carbonyl (C=O) groups excluding carboxylic acids is 1. The minimum Gasteiger partial charge on any atom is -0.444 e. The van der Waals surface area contributed by atoms with Crippen molar-refractivity contribution in [1.82, 2.24) is 10.6 Å². The summed E-state index contributed by atoms with van der Waals surface area (Å²) in [6.07, 6.45) is 0.529. The highest BCUT2D eigenvalue weighted by Crippen LogP contribution is 2.06. The Morgan fingerprint density at radius 2 is 2.00 bits per heavy atom. The largest absolute Gasteiger partial charge is 0.444 e. The third kappa shape index (κ3) is 7.79. The lowest BCUT2D eigenvalue weighted by Gasteiger charge is -2.19. The molecule has 0 heterocycles. The van der Waals surface area contributed by atoms with Crippen LogP contribution in [0.1, 0.15) is 38.3 Å². The van der Waals surface area contributed by atoms with Crippen LogP contribution in [0.2, 0.25) is 0 Å². The molecule has 0 unspecified atom stereocenters. The van der Waals surface area contributed by atoms with Crippen LogP contribution in [0.4, 0.5) is 4.79 Å². The summed E-state index contributed by atoms with van der Waals surface area (Å²) in [7, 11) is 0. The van der Waals surface area contributed by atoms with Crippen molar-refractivity contribution in [2.75, 3.05) is 13.1 Å². The van der Waals surface area contributed by atoms with E-state index in [-0.39, 0.29) is 6.09 Å². The normalized spacial score (nSPS) is 11.2. The topological polar surface area (TPSA) is 50.4 Å². The number of hydrogen-bond donors (Lipinski definition) is 2. The summed E-state index contributed by atoms with van der Waals surface area (Å²) in [5.41, 5.74) is 2.12. The average Bonchev–Trinajstić information content (AvgIpc) is 2.31. The summed E-state index contributed by atoms with van der Waals surface area (Å²) in [4.78, 5) is 11.4. The predicted molar refractivity (Wildman–Crippen MR) is 81.7 cm³/mol. The maximum absolute atomic E-state index is 11.4. The molecule has 112 valence electrons. The highest BCUT2D eigenvalue weighted by Gasteiger charge is 2.15. The second kappa shape index (κ2) is 7.90. The van der Waals surface area contributed by atoms with Crippen molar-refractivity contribution in [3.63, 3.8) is 0 Å². The molecule has 1 aromatic carbocycles. The molecule has 0 saturated heterocycles. The van der Waals surface area contributed by atoms with Crippen molar-refractivity contribution in [3.8, 4) is 0 Å². The summed E-state index contributed by atoms with van der Waals surface area (Å²) < 4.78 is 5.16. The molecule has 1 aromatic rings. The molecule has 2 N–H and O–H groups in total. The quantitative estimate of drug-likeness (QED) is 0.786. The summed E-state index contributed by atoms with van der Waals surface area (Å²) in [6, 6.07) is 8.44. The molecule has 0 fully saturated rings. The van der Waals surface area contributed by atoms with Gasteiger partial charge in [0.15, 0.2) is 0 Å². The molecule has 0 spiro atoms. The van der Waals surface area contributed by atoms with Crippen molar-refractivity contribution in [3.05, 3.63) is 35.4 Å². The smallest absolute Gasteiger partial charge is 0.407 e. The van der Waals surface area contributed by atoms with E-state index in [1.165, 1.54) is 11.1 Å². The highest BCUT2D eigenvalue weighted by molar-refractivity contribution is 5.67. The van der Waals surface area contributed by atoms with Gasteiger partial charge in [0.25, 0.3) is 0 Å². The molecule has 0 aromatic heterocycles. The first-order chi connectivity index (χ1) is 9.37. The SMILES string of the molecule is Cc1cccc(CNCCCNC(=O)OC(C)(C)C)c1. The van der Waals surface area contributed by atoms with Gasteiger partial charge in [-0.05, 0) is 46.2 Å². The van der Waals surface area contributed by atoms with Crippen LogP contribution in [-0.2, 0) is 11.3 Å². The van der Waals surface area contributed by atoms with Crippen LogP contribution < -0.4 is 10.6 Å². The Morgan fingerprint density at radius 3 is 2.65 bits per heavy atom. The Morgan fingerprint density at radius 1 is 1.25 bits per heavy atom. The zero-order chi connectivity index (χ0) is 15.0. The van der Waals surface area contributed by atoms with Gasteiger partial charge in [0.2, 0.25) is 0 Å². The zero-order valence-electron chi connectivity index (χ0n) is 13.0. The van der Waals surface area contributed by atoms with E-state index < -0.39 is 5.60 Å². The van der Waals surface area contributed by atoms with E-state index in [4.69, 9.17) is 4.74 Å². The summed E-state index contributed by atoms with van der Waals surface area (Å²) in [5.74, 6) is 0. The van der Waals surface area contributed by atoms with Gasteiger partial charge in [-0.2, -0.15) is 0 Å². The maximum atomic E-state index is 11.4. The number of nitrogens with one attached hydrogen (secondary N) is 2. The number of hydrogen-bond acceptors (Lipinski definition) is 3. The molecule has 20 heavy (non-hydrogen) atoms. The first kappa shape index (κ1) is 16.5. The lowest BCUT2D eigenvalue weighted by molar-refractivity contribution is 0.0527. The van der Waals surface area contributed by atoms with Gasteiger partial charge < -0.3 is 15.4 Å². The number of benzene rings is 1. The molecule has 4 heteroatoms. The molecule has 0 saturated carbocycles. The third-order valence-corrected chi connectivity index (χ3v) is 2.61. The maximum Gasteiger partial charge on any atom is 0.407 e.